The lowest BCUT2D eigenvalue weighted by atomic mass is 10.2. The lowest BCUT2D eigenvalue weighted by Crippen LogP contribution is -2.46. The Kier molecular flexibility index (Phi) is 3.36. The Morgan fingerprint density at radius 2 is 1.94 bits per heavy atom. The smallest absolute Gasteiger partial charge is 0.243 e. The van der Waals surface area contributed by atoms with E-state index in [2.05, 4.69) is 0 Å². The van der Waals surface area contributed by atoms with Crippen molar-refractivity contribution in [3.8, 4) is 0 Å². The molecule has 2 rings (SSSR count). The Morgan fingerprint density at radius 3 is 2.50 bits per heavy atom. The fourth-order valence-electron chi connectivity index (χ4n) is 2.01. The van der Waals surface area contributed by atoms with Crippen molar-refractivity contribution in [2.45, 2.75) is 23.8 Å². The first-order valence-corrected chi connectivity index (χ1v) is 6.85. The van der Waals surface area contributed by atoms with Crippen molar-refractivity contribution in [3.63, 3.8) is 0 Å². The van der Waals surface area contributed by atoms with Crippen molar-refractivity contribution in [1.82, 2.24) is 4.31 Å². The second kappa shape index (κ2) is 4.66. The fraction of sp³-hybridized carbons (Fsp3) is 0.364. The average molecular weight is 272 g/mol. The summed E-state index contributed by atoms with van der Waals surface area (Å²) >= 11 is 0. The summed E-state index contributed by atoms with van der Waals surface area (Å²) in [6.07, 6.45) is 0.710. The molecule has 0 bridgehead atoms. The molecule has 18 heavy (non-hydrogen) atoms. The number of aliphatic carboxylic acids is 1. The Bertz CT molecular complexity index is 555. The number of halogens is 1. The van der Waals surface area contributed by atoms with E-state index in [0.717, 1.165) is 28.6 Å². The van der Waals surface area contributed by atoms with E-state index in [9.17, 15) is 22.7 Å². The molecule has 1 saturated heterocycles. The highest BCUT2D eigenvalue weighted by molar-refractivity contribution is 7.89. The summed E-state index contributed by atoms with van der Waals surface area (Å²) in [4.78, 5) is 10.8. The zero-order valence-corrected chi connectivity index (χ0v) is 10.2. The van der Waals surface area contributed by atoms with E-state index in [1.165, 1.54) is 0 Å². The van der Waals surface area contributed by atoms with Crippen LogP contribution in [0.1, 0.15) is 12.8 Å². The molecule has 0 aromatic heterocycles. The third-order valence-electron chi connectivity index (χ3n) is 2.90. The number of hydrogen-bond donors (Lipinski definition) is 0. The van der Waals surface area contributed by atoms with E-state index in [1.807, 2.05) is 0 Å². The first-order valence-electron chi connectivity index (χ1n) is 5.41. The molecule has 7 heteroatoms. The van der Waals surface area contributed by atoms with Gasteiger partial charge in [0.25, 0.3) is 0 Å². The van der Waals surface area contributed by atoms with Gasteiger partial charge in [0.1, 0.15) is 5.82 Å². The molecule has 1 aromatic rings. The average Bonchev–Trinajstić information content (AvgIpc) is 2.79. The minimum atomic E-state index is -3.90. The molecule has 1 atom stereocenters. The van der Waals surface area contributed by atoms with Gasteiger partial charge in [0, 0.05) is 6.54 Å². The second-order valence-electron chi connectivity index (χ2n) is 4.05. The standard InChI is InChI=1S/C11H12FNO4S/c12-8-3-5-9(6-4-8)18(16,17)13-7-1-2-10(13)11(14)15/h3-6,10H,1-2,7H2,(H,14,15)/p-1/t10-/m1/s1. The number of carboxylic acids is 1. The molecule has 1 heterocycles. The second-order valence-corrected chi connectivity index (χ2v) is 5.94. The summed E-state index contributed by atoms with van der Waals surface area (Å²) in [6, 6.07) is 3.15. The van der Waals surface area contributed by atoms with E-state index >= 15 is 0 Å². The van der Waals surface area contributed by atoms with Crippen LogP contribution < -0.4 is 5.11 Å². The SMILES string of the molecule is O=C([O-])[C@H]1CCCN1S(=O)(=O)c1ccc(F)cc1. The van der Waals surface area contributed by atoms with Gasteiger partial charge in [-0.25, -0.2) is 12.8 Å². The van der Waals surface area contributed by atoms with Gasteiger partial charge in [-0.05, 0) is 37.1 Å². The first-order chi connectivity index (χ1) is 8.43. The molecule has 0 spiro atoms. The van der Waals surface area contributed by atoms with Crippen molar-refractivity contribution >= 4 is 16.0 Å². The van der Waals surface area contributed by atoms with Crippen LogP contribution in [0.25, 0.3) is 0 Å². The maximum atomic E-state index is 12.7. The number of sulfonamides is 1. The largest absolute Gasteiger partial charge is 0.548 e. The van der Waals surface area contributed by atoms with Crippen molar-refractivity contribution in [1.29, 1.82) is 0 Å². The summed E-state index contributed by atoms with van der Waals surface area (Å²) in [7, 11) is -3.90. The highest BCUT2D eigenvalue weighted by Gasteiger charge is 2.35. The summed E-state index contributed by atoms with van der Waals surface area (Å²) in [5, 5.41) is 10.9. The quantitative estimate of drug-likeness (QED) is 0.758. The molecule has 1 fully saturated rings. The van der Waals surface area contributed by atoms with Gasteiger partial charge < -0.3 is 9.90 Å². The molecule has 0 N–H and O–H groups in total. The predicted molar refractivity (Wildman–Crippen MR) is 58.3 cm³/mol. The summed E-state index contributed by atoms with van der Waals surface area (Å²) in [5.41, 5.74) is 0. The number of carbonyl (C=O) groups excluding carboxylic acids is 1. The third-order valence-corrected chi connectivity index (χ3v) is 4.82. The molecule has 0 unspecified atom stereocenters. The first kappa shape index (κ1) is 13.0. The summed E-state index contributed by atoms with van der Waals surface area (Å²) < 4.78 is 38.0. The van der Waals surface area contributed by atoms with Crippen LogP contribution in [-0.2, 0) is 14.8 Å². The Morgan fingerprint density at radius 1 is 1.33 bits per heavy atom. The minimum absolute atomic E-state index is 0.114. The molecular formula is C11H11FNO4S-. The lowest BCUT2D eigenvalue weighted by molar-refractivity contribution is -0.309. The van der Waals surface area contributed by atoms with Gasteiger partial charge in [0.15, 0.2) is 0 Å². The summed E-state index contributed by atoms with van der Waals surface area (Å²) in [5.74, 6) is -1.95. The van der Waals surface area contributed by atoms with Crippen LogP contribution >= 0.6 is 0 Å². The van der Waals surface area contributed by atoms with Gasteiger partial charge in [-0.15, -0.1) is 0 Å². The van der Waals surface area contributed by atoms with Gasteiger partial charge in [-0.1, -0.05) is 0 Å². The molecule has 5 nitrogen and oxygen atoms in total. The van der Waals surface area contributed by atoms with E-state index < -0.39 is 27.9 Å². The molecule has 0 amide bonds. The summed E-state index contributed by atoms with van der Waals surface area (Å²) in [6.45, 7) is 0.137. The highest BCUT2D eigenvalue weighted by Crippen LogP contribution is 2.25. The van der Waals surface area contributed by atoms with Gasteiger partial charge in [-0.2, -0.15) is 4.31 Å². The van der Waals surface area contributed by atoms with Crippen LogP contribution in [0.4, 0.5) is 4.39 Å². The molecule has 0 aliphatic carbocycles. The van der Waals surface area contributed by atoms with Crippen molar-refractivity contribution < 1.29 is 22.7 Å². The molecule has 1 aliphatic heterocycles. The van der Waals surface area contributed by atoms with Gasteiger partial charge in [-0.3, -0.25) is 0 Å². The topological polar surface area (TPSA) is 77.5 Å². The van der Waals surface area contributed by atoms with Crippen LogP contribution in [0.2, 0.25) is 0 Å². The maximum absolute atomic E-state index is 12.7. The third kappa shape index (κ3) is 2.23. The van der Waals surface area contributed by atoms with Crippen molar-refractivity contribution in [3.05, 3.63) is 30.1 Å². The van der Waals surface area contributed by atoms with E-state index in [1.54, 1.807) is 0 Å². The van der Waals surface area contributed by atoms with Crippen LogP contribution in [0.3, 0.4) is 0 Å². The molecule has 0 radical (unpaired) electrons. The number of hydrogen-bond acceptors (Lipinski definition) is 4. The van der Waals surface area contributed by atoms with Gasteiger partial charge in [0.05, 0.1) is 16.9 Å². The van der Waals surface area contributed by atoms with Gasteiger partial charge >= 0.3 is 0 Å². The lowest BCUT2D eigenvalue weighted by Gasteiger charge is -2.24. The number of carboxylic acid groups (broad SMARTS) is 1. The van der Waals surface area contributed by atoms with Crippen LogP contribution in [0, 0.1) is 5.82 Å². The number of nitrogens with zero attached hydrogens (tertiary/aromatic N) is 1. The Labute approximate surface area is 104 Å². The highest BCUT2D eigenvalue weighted by atomic mass is 32.2. The Balaban J connectivity index is 2.36. The predicted octanol–water partition coefficient (Wildman–Crippen LogP) is -0.271. The maximum Gasteiger partial charge on any atom is 0.243 e. The number of rotatable bonds is 3. The van der Waals surface area contributed by atoms with Crippen LogP contribution in [0.15, 0.2) is 29.2 Å². The van der Waals surface area contributed by atoms with Crippen LogP contribution in [-0.4, -0.2) is 31.3 Å². The van der Waals surface area contributed by atoms with Gasteiger partial charge in [0.2, 0.25) is 10.0 Å². The molecule has 0 saturated carbocycles. The zero-order valence-electron chi connectivity index (χ0n) is 9.37. The van der Waals surface area contributed by atoms with E-state index in [4.69, 9.17) is 0 Å². The normalized spacial score (nSPS) is 21.1. The van der Waals surface area contributed by atoms with Crippen molar-refractivity contribution in [2.24, 2.45) is 0 Å². The monoisotopic (exact) mass is 272 g/mol. The number of carbonyl (C=O) groups is 1. The molecule has 1 aromatic carbocycles. The van der Waals surface area contributed by atoms with Crippen molar-refractivity contribution in [2.75, 3.05) is 6.54 Å². The van der Waals surface area contributed by atoms with E-state index in [-0.39, 0.29) is 17.9 Å². The molecular weight excluding hydrogens is 261 g/mol. The zero-order chi connectivity index (χ0) is 13.3. The van der Waals surface area contributed by atoms with Crippen LogP contribution in [0.5, 0.6) is 0 Å². The minimum Gasteiger partial charge on any atom is -0.548 e. The molecule has 1 aliphatic rings. The van der Waals surface area contributed by atoms with E-state index in [0.29, 0.717) is 6.42 Å². The Hall–Kier alpha value is -1.47. The molecule has 98 valence electrons. The fourth-order valence-corrected chi connectivity index (χ4v) is 3.65. The number of benzene rings is 1.